The lowest BCUT2D eigenvalue weighted by atomic mass is 9.93. The Balaban J connectivity index is 1.60. The molecule has 30 heavy (non-hydrogen) atoms. The molecule has 11 heteroatoms. The molecule has 3 aromatic heterocycles. The number of hydrogen-bond donors (Lipinski definition) is 2. The van der Waals surface area contributed by atoms with Gasteiger partial charge in [-0.05, 0) is 37.7 Å². The van der Waals surface area contributed by atoms with Crippen molar-refractivity contribution in [2.75, 3.05) is 0 Å². The van der Waals surface area contributed by atoms with Crippen LogP contribution in [-0.2, 0) is 16.2 Å². The van der Waals surface area contributed by atoms with Crippen LogP contribution in [0.15, 0.2) is 18.5 Å². The summed E-state index contributed by atoms with van der Waals surface area (Å²) in [5.74, 6) is 0.0704. The second-order valence-corrected chi connectivity index (χ2v) is 10.3. The molecule has 0 bridgehead atoms. The Morgan fingerprint density at radius 2 is 2.03 bits per heavy atom. The van der Waals surface area contributed by atoms with E-state index in [1.165, 1.54) is 10.6 Å². The number of alkyl halides is 3. The average Bonchev–Trinajstić information content (AvgIpc) is 3.13. The summed E-state index contributed by atoms with van der Waals surface area (Å²) in [6, 6.07) is 1.39. The molecule has 0 amide bonds. The molecule has 0 saturated heterocycles. The summed E-state index contributed by atoms with van der Waals surface area (Å²) in [5, 5.41) is -0.328. The molecular formula is C19H22F3N5O2S. The van der Waals surface area contributed by atoms with Crippen LogP contribution in [0.4, 0.5) is 13.2 Å². The van der Waals surface area contributed by atoms with Crippen LogP contribution >= 0.6 is 0 Å². The van der Waals surface area contributed by atoms with E-state index in [9.17, 15) is 21.6 Å². The quantitative estimate of drug-likeness (QED) is 0.633. The number of fused-ring (bicyclic) bond motifs is 3. The van der Waals surface area contributed by atoms with Gasteiger partial charge in [0, 0.05) is 18.2 Å². The van der Waals surface area contributed by atoms with Crippen molar-refractivity contribution in [3.05, 3.63) is 30.0 Å². The molecule has 2 aliphatic carbocycles. The van der Waals surface area contributed by atoms with E-state index in [2.05, 4.69) is 19.7 Å². The van der Waals surface area contributed by atoms with Crippen LogP contribution in [0, 0.1) is 5.92 Å². The summed E-state index contributed by atoms with van der Waals surface area (Å²) in [4.78, 5) is 11.1. The lowest BCUT2D eigenvalue weighted by Crippen LogP contribution is -2.35. The van der Waals surface area contributed by atoms with E-state index in [1.807, 2.05) is 6.92 Å². The fraction of sp³-hybridized carbons (Fsp3) is 0.579. The van der Waals surface area contributed by atoms with Crippen LogP contribution in [0.2, 0.25) is 0 Å². The van der Waals surface area contributed by atoms with Crippen molar-refractivity contribution in [2.24, 2.45) is 5.92 Å². The predicted molar refractivity (Wildman–Crippen MR) is 104 cm³/mol. The molecular weight excluding hydrogens is 419 g/mol. The zero-order valence-corrected chi connectivity index (χ0v) is 17.1. The highest BCUT2D eigenvalue weighted by molar-refractivity contribution is 7.90. The third-order valence-electron chi connectivity index (χ3n) is 6.31. The van der Waals surface area contributed by atoms with E-state index in [-0.39, 0.29) is 28.6 Å². The third-order valence-corrected chi connectivity index (χ3v) is 8.32. The van der Waals surface area contributed by atoms with Gasteiger partial charge in [0.2, 0.25) is 10.0 Å². The van der Waals surface area contributed by atoms with Crippen LogP contribution in [0.25, 0.3) is 16.7 Å². The van der Waals surface area contributed by atoms with Gasteiger partial charge in [-0.15, -0.1) is 0 Å². The highest BCUT2D eigenvalue weighted by Crippen LogP contribution is 2.44. The number of rotatable bonds is 5. The van der Waals surface area contributed by atoms with E-state index in [1.54, 1.807) is 12.3 Å². The normalized spacial score (nSPS) is 25.5. The SMILES string of the molecule is CCC1CC(NS(=O)(=O)C2CC2)CC1c1nc(C(F)(F)F)c2cnc3[nH]ccc3n12. The maximum Gasteiger partial charge on any atom is 0.435 e. The zero-order chi connectivity index (χ0) is 21.3. The van der Waals surface area contributed by atoms with Crippen LogP contribution in [0.1, 0.15) is 56.5 Å². The van der Waals surface area contributed by atoms with Crippen molar-refractivity contribution in [1.29, 1.82) is 0 Å². The molecule has 7 nitrogen and oxygen atoms in total. The van der Waals surface area contributed by atoms with Gasteiger partial charge < -0.3 is 4.98 Å². The minimum Gasteiger partial charge on any atom is -0.345 e. The van der Waals surface area contributed by atoms with E-state index >= 15 is 0 Å². The number of imidazole rings is 1. The second-order valence-electron chi connectivity index (χ2n) is 8.31. The van der Waals surface area contributed by atoms with Gasteiger partial charge in [0.1, 0.15) is 5.82 Å². The van der Waals surface area contributed by atoms with Crippen molar-refractivity contribution in [2.45, 2.75) is 62.4 Å². The van der Waals surface area contributed by atoms with Gasteiger partial charge in [-0.1, -0.05) is 13.3 Å². The maximum atomic E-state index is 13.7. The average molecular weight is 441 g/mol. The summed E-state index contributed by atoms with van der Waals surface area (Å²) >= 11 is 0. The molecule has 3 heterocycles. The predicted octanol–water partition coefficient (Wildman–Crippen LogP) is 3.58. The second kappa shape index (κ2) is 6.68. The third kappa shape index (κ3) is 3.18. The Kier molecular flexibility index (Phi) is 4.41. The molecule has 0 aliphatic heterocycles. The van der Waals surface area contributed by atoms with Gasteiger partial charge in [-0.25, -0.2) is 23.1 Å². The first-order chi connectivity index (χ1) is 14.2. The largest absolute Gasteiger partial charge is 0.435 e. The molecule has 2 saturated carbocycles. The minimum absolute atomic E-state index is 0.0331. The molecule has 0 spiro atoms. The minimum atomic E-state index is -4.61. The molecule has 2 N–H and O–H groups in total. The van der Waals surface area contributed by atoms with Crippen molar-refractivity contribution in [1.82, 2.24) is 24.1 Å². The summed E-state index contributed by atoms with van der Waals surface area (Å²) in [6.07, 6.45) is 1.29. The smallest absolute Gasteiger partial charge is 0.345 e. The summed E-state index contributed by atoms with van der Waals surface area (Å²) in [5.41, 5.74) is -0.0271. The number of nitrogens with zero attached hydrogens (tertiary/aromatic N) is 3. The maximum absolute atomic E-state index is 13.7. The number of H-pyrrole nitrogens is 1. The Bertz CT molecular complexity index is 1210. The lowest BCUT2D eigenvalue weighted by molar-refractivity contribution is -0.139. The number of aromatic nitrogens is 4. The van der Waals surface area contributed by atoms with Crippen molar-refractivity contribution >= 4 is 26.7 Å². The first-order valence-corrected chi connectivity index (χ1v) is 11.7. The van der Waals surface area contributed by atoms with Gasteiger partial charge in [0.15, 0.2) is 11.3 Å². The standard InChI is InChI=1S/C19H22F3N5O2S/c1-2-10-7-11(26-30(28,29)12-3-4-12)8-13(10)18-25-16(19(20,21)22)15-9-24-17-14(27(15)18)5-6-23-17/h5-6,9-13,23,26H,2-4,7-8H2,1H3. The molecule has 5 rings (SSSR count). The van der Waals surface area contributed by atoms with E-state index in [4.69, 9.17) is 0 Å². The van der Waals surface area contributed by atoms with Gasteiger partial charge in [-0.3, -0.25) is 4.40 Å². The van der Waals surface area contributed by atoms with Gasteiger partial charge >= 0.3 is 6.18 Å². The number of halogens is 3. The Morgan fingerprint density at radius 1 is 1.27 bits per heavy atom. The molecule has 0 aromatic carbocycles. The highest BCUT2D eigenvalue weighted by atomic mass is 32.2. The van der Waals surface area contributed by atoms with Gasteiger partial charge in [-0.2, -0.15) is 13.2 Å². The molecule has 162 valence electrons. The summed E-state index contributed by atoms with van der Waals surface area (Å²) in [7, 11) is -3.37. The summed E-state index contributed by atoms with van der Waals surface area (Å²) < 4.78 is 70.2. The van der Waals surface area contributed by atoms with Crippen LogP contribution < -0.4 is 4.72 Å². The highest BCUT2D eigenvalue weighted by Gasteiger charge is 2.44. The molecule has 3 aromatic rings. The Labute approximate surface area is 171 Å². The van der Waals surface area contributed by atoms with E-state index < -0.39 is 21.9 Å². The lowest BCUT2D eigenvalue weighted by Gasteiger charge is -2.17. The topological polar surface area (TPSA) is 92.2 Å². The Morgan fingerprint density at radius 3 is 2.70 bits per heavy atom. The van der Waals surface area contributed by atoms with E-state index in [0.29, 0.717) is 42.7 Å². The van der Waals surface area contributed by atoms with Crippen molar-refractivity contribution < 1.29 is 21.6 Å². The van der Waals surface area contributed by atoms with E-state index in [0.717, 1.165) is 6.42 Å². The number of hydrogen-bond acceptors (Lipinski definition) is 4. The number of sulfonamides is 1. The molecule has 0 radical (unpaired) electrons. The fourth-order valence-electron chi connectivity index (χ4n) is 4.74. The van der Waals surface area contributed by atoms with Gasteiger partial charge in [0.25, 0.3) is 0 Å². The van der Waals surface area contributed by atoms with Crippen molar-refractivity contribution in [3.63, 3.8) is 0 Å². The van der Waals surface area contributed by atoms with Crippen LogP contribution in [0.3, 0.4) is 0 Å². The number of nitrogens with one attached hydrogen (secondary N) is 2. The monoisotopic (exact) mass is 441 g/mol. The van der Waals surface area contributed by atoms with Crippen molar-refractivity contribution in [3.8, 4) is 0 Å². The zero-order valence-electron chi connectivity index (χ0n) is 16.3. The molecule has 2 aliphatic rings. The summed E-state index contributed by atoms with van der Waals surface area (Å²) in [6.45, 7) is 1.98. The fourth-order valence-corrected chi connectivity index (χ4v) is 6.34. The first kappa shape index (κ1) is 19.8. The van der Waals surface area contributed by atoms with Gasteiger partial charge in [0.05, 0.1) is 22.5 Å². The van der Waals surface area contributed by atoms with Crippen LogP contribution in [0.5, 0.6) is 0 Å². The molecule has 3 unspecified atom stereocenters. The number of aromatic amines is 1. The van der Waals surface area contributed by atoms with Crippen LogP contribution in [-0.4, -0.2) is 39.1 Å². The molecule has 3 atom stereocenters. The Hall–Kier alpha value is -2.14. The first-order valence-electron chi connectivity index (χ1n) is 10.1. The molecule has 2 fully saturated rings.